The predicted octanol–water partition coefficient (Wildman–Crippen LogP) is 2.08. The van der Waals surface area contributed by atoms with Crippen molar-refractivity contribution in [1.82, 2.24) is 14.9 Å². The Morgan fingerprint density at radius 1 is 1.57 bits per heavy atom. The van der Waals surface area contributed by atoms with Gasteiger partial charge in [-0.3, -0.25) is 0 Å². The minimum atomic E-state index is -0.928. The van der Waals surface area contributed by atoms with E-state index >= 15 is 0 Å². The summed E-state index contributed by atoms with van der Waals surface area (Å²) in [5.41, 5.74) is -0.928. The van der Waals surface area contributed by atoms with Crippen LogP contribution >= 0.6 is 11.6 Å². The third kappa shape index (κ3) is 3.77. The molecule has 0 spiro atoms. The molecule has 2 rings (SSSR count). The number of rotatable bonds is 7. The summed E-state index contributed by atoms with van der Waals surface area (Å²) >= 11 is 6.11. The van der Waals surface area contributed by atoms with Crippen molar-refractivity contribution in [2.45, 2.75) is 37.7 Å². The number of nitrogens with zero attached hydrogens (tertiary/aromatic N) is 2. The lowest BCUT2D eigenvalue weighted by Crippen LogP contribution is -2.45. The third-order valence-electron chi connectivity index (χ3n) is 4.45. The number of unbranched alkanes of at least 4 members (excludes halogenated alkanes) is 1. The average molecular weight is 316 g/mol. The molecule has 21 heavy (non-hydrogen) atoms. The van der Waals surface area contributed by atoms with Crippen molar-refractivity contribution in [3.05, 3.63) is 17.2 Å². The first-order chi connectivity index (χ1) is 10.1. The molecule has 0 aliphatic carbocycles. The highest BCUT2D eigenvalue weighted by Crippen LogP contribution is 2.38. The Kier molecular flexibility index (Phi) is 6.05. The van der Waals surface area contributed by atoms with Gasteiger partial charge in [-0.1, -0.05) is 11.6 Å². The summed E-state index contributed by atoms with van der Waals surface area (Å²) in [4.78, 5) is 4.38. The first kappa shape index (κ1) is 16.7. The maximum Gasteiger partial charge on any atom is 0.142 e. The molecule has 6 heteroatoms. The van der Waals surface area contributed by atoms with Crippen molar-refractivity contribution < 1.29 is 9.84 Å². The Morgan fingerprint density at radius 2 is 2.38 bits per heavy atom. The quantitative estimate of drug-likeness (QED) is 0.756. The summed E-state index contributed by atoms with van der Waals surface area (Å²) in [6.45, 7) is 2.57. The maximum atomic E-state index is 11.4. The Bertz CT molecular complexity index is 446. The third-order valence-corrected chi connectivity index (χ3v) is 4.80. The lowest BCUT2D eigenvalue weighted by Gasteiger charge is -2.38. The normalized spacial score (nSPS) is 22.2. The zero-order valence-corrected chi connectivity index (χ0v) is 13.7. The summed E-state index contributed by atoms with van der Waals surface area (Å²) in [5.74, 6) is 0.851. The standard InChI is InChI=1S/C15H26ClN3O2/c1-19-13(16)11-18-14(19)15(20,7-3-4-9-21-2)12-6-5-8-17-10-12/h11-12,17,20H,3-10H2,1-2H3. The molecular weight excluding hydrogens is 290 g/mol. The van der Waals surface area contributed by atoms with Gasteiger partial charge in [-0.25, -0.2) is 4.98 Å². The van der Waals surface area contributed by atoms with Crippen LogP contribution in [0.3, 0.4) is 0 Å². The van der Waals surface area contributed by atoms with Crippen molar-refractivity contribution in [2.24, 2.45) is 13.0 Å². The molecule has 2 heterocycles. The molecule has 0 radical (unpaired) electrons. The predicted molar refractivity (Wildman–Crippen MR) is 83.4 cm³/mol. The lowest BCUT2D eigenvalue weighted by molar-refractivity contribution is -0.0527. The number of aliphatic hydroxyl groups is 1. The number of ether oxygens (including phenoxy) is 1. The van der Waals surface area contributed by atoms with Gasteiger partial charge in [-0.15, -0.1) is 0 Å². The minimum absolute atomic E-state index is 0.172. The fourth-order valence-corrected chi connectivity index (χ4v) is 3.32. The van der Waals surface area contributed by atoms with Gasteiger partial charge in [-0.05, 0) is 38.6 Å². The Labute approximate surface area is 131 Å². The molecule has 1 saturated heterocycles. The summed E-state index contributed by atoms with van der Waals surface area (Å²) in [5, 5.41) is 15.3. The number of nitrogens with one attached hydrogen (secondary N) is 1. The molecule has 1 fully saturated rings. The van der Waals surface area contributed by atoms with Crippen molar-refractivity contribution in [2.75, 3.05) is 26.8 Å². The Hall–Kier alpha value is -0.620. The van der Waals surface area contributed by atoms with Gasteiger partial charge in [0.1, 0.15) is 16.6 Å². The van der Waals surface area contributed by atoms with Crippen LogP contribution < -0.4 is 5.32 Å². The molecular formula is C15H26ClN3O2. The molecule has 0 bridgehead atoms. The van der Waals surface area contributed by atoms with Crippen LogP contribution in [0.4, 0.5) is 0 Å². The second kappa shape index (κ2) is 7.58. The van der Waals surface area contributed by atoms with E-state index in [0.29, 0.717) is 17.4 Å². The average Bonchev–Trinajstić information content (AvgIpc) is 2.85. The Morgan fingerprint density at radius 3 is 2.95 bits per heavy atom. The van der Waals surface area contributed by atoms with Crippen LogP contribution in [0.25, 0.3) is 0 Å². The fraction of sp³-hybridized carbons (Fsp3) is 0.800. The molecule has 2 atom stereocenters. The lowest BCUT2D eigenvalue weighted by atomic mass is 9.78. The summed E-state index contributed by atoms with van der Waals surface area (Å²) < 4.78 is 6.90. The van der Waals surface area contributed by atoms with Gasteiger partial charge < -0.3 is 19.7 Å². The van der Waals surface area contributed by atoms with Crippen LogP contribution in [0.1, 0.15) is 37.9 Å². The van der Waals surface area contributed by atoms with Gasteiger partial charge in [0.2, 0.25) is 0 Å². The number of hydrogen-bond donors (Lipinski definition) is 2. The Balaban J connectivity index is 2.18. The molecule has 2 N–H and O–H groups in total. The van der Waals surface area contributed by atoms with Gasteiger partial charge in [0, 0.05) is 33.2 Å². The molecule has 2 unspecified atom stereocenters. The van der Waals surface area contributed by atoms with Crippen molar-refractivity contribution in [3.63, 3.8) is 0 Å². The topological polar surface area (TPSA) is 59.3 Å². The van der Waals surface area contributed by atoms with Gasteiger partial charge in [-0.2, -0.15) is 0 Å². The van der Waals surface area contributed by atoms with E-state index in [1.165, 1.54) is 0 Å². The maximum absolute atomic E-state index is 11.4. The van der Waals surface area contributed by atoms with Crippen molar-refractivity contribution in [3.8, 4) is 0 Å². The molecule has 1 aliphatic heterocycles. The molecule has 0 saturated carbocycles. The molecule has 120 valence electrons. The van der Waals surface area contributed by atoms with Crippen LogP contribution in [0, 0.1) is 5.92 Å². The summed E-state index contributed by atoms with van der Waals surface area (Å²) in [6, 6.07) is 0. The second-order valence-electron chi connectivity index (χ2n) is 5.88. The fourth-order valence-electron chi connectivity index (χ4n) is 3.19. The molecule has 0 amide bonds. The van der Waals surface area contributed by atoms with Gasteiger partial charge >= 0.3 is 0 Å². The second-order valence-corrected chi connectivity index (χ2v) is 6.27. The number of halogens is 1. The minimum Gasteiger partial charge on any atom is -0.385 e. The number of piperidine rings is 1. The van der Waals surface area contributed by atoms with Crippen LogP contribution in [-0.4, -0.2) is 41.5 Å². The molecule has 1 aromatic rings. The number of imidazole rings is 1. The van der Waals surface area contributed by atoms with E-state index in [-0.39, 0.29) is 5.92 Å². The van der Waals surface area contributed by atoms with E-state index in [1.54, 1.807) is 17.9 Å². The van der Waals surface area contributed by atoms with E-state index < -0.39 is 5.60 Å². The highest BCUT2D eigenvalue weighted by Gasteiger charge is 2.41. The van der Waals surface area contributed by atoms with E-state index in [9.17, 15) is 5.11 Å². The van der Waals surface area contributed by atoms with Crippen molar-refractivity contribution in [1.29, 1.82) is 0 Å². The van der Waals surface area contributed by atoms with Crippen LogP contribution in [0.2, 0.25) is 5.15 Å². The first-order valence-electron chi connectivity index (χ1n) is 7.69. The summed E-state index contributed by atoms with van der Waals surface area (Å²) in [7, 11) is 3.57. The summed E-state index contributed by atoms with van der Waals surface area (Å²) in [6.07, 6.45) is 6.25. The number of aromatic nitrogens is 2. The number of hydrogen-bond acceptors (Lipinski definition) is 4. The molecule has 5 nitrogen and oxygen atoms in total. The van der Waals surface area contributed by atoms with E-state index in [2.05, 4.69) is 10.3 Å². The zero-order valence-electron chi connectivity index (χ0n) is 12.9. The largest absolute Gasteiger partial charge is 0.385 e. The highest BCUT2D eigenvalue weighted by atomic mass is 35.5. The first-order valence-corrected chi connectivity index (χ1v) is 8.07. The molecule has 1 aromatic heterocycles. The van der Waals surface area contributed by atoms with Gasteiger partial charge in [0.25, 0.3) is 0 Å². The van der Waals surface area contributed by atoms with Crippen LogP contribution in [0.15, 0.2) is 6.20 Å². The van der Waals surface area contributed by atoms with Crippen molar-refractivity contribution >= 4 is 11.6 Å². The van der Waals surface area contributed by atoms with E-state index in [0.717, 1.165) is 45.4 Å². The number of methoxy groups -OCH3 is 1. The monoisotopic (exact) mass is 315 g/mol. The van der Waals surface area contributed by atoms with Crippen LogP contribution in [-0.2, 0) is 17.4 Å². The van der Waals surface area contributed by atoms with E-state index in [4.69, 9.17) is 16.3 Å². The van der Waals surface area contributed by atoms with Gasteiger partial charge in [0.15, 0.2) is 0 Å². The van der Waals surface area contributed by atoms with E-state index in [1.807, 2.05) is 7.05 Å². The highest BCUT2D eigenvalue weighted by molar-refractivity contribution is 6.29. The smallest absolute Gasteiger partial charge is 0.142 e. The molecule has 0 aromatic carbocycles. The van der Waals surface area contributed by atoms with Gasteiger partial charge in [0.05, 0.1) is 6.20 Å². The zero-order chi connectivity index (χ0) is 15.3. The molecule has 1 aliphatic rings. The van der Waals surface area contributed by atoms with Crippen LogP contribution in [0.5, 0.6) is 0 Å². The SMILES string of the molecule is COCCCCC(O)(c1ncc(Cl)n1C)C1CCCNC1.